The van der Waals surface area contributed by atoms with Gasteiger partial charge in [0, 0.05) is 6.61 Å². The SMILES string of the molecule is C=CCCOc1ccc(C2CCC(c3ccc(C4CCC(OCC)CC4)c(F)c3F)CC2)cc1F. The van der Waals surface area contributed by atoms with E-state index < -0.39 is 11.6 Å². The topological polar surface area (TPSA) is 18.5 Å². The van der Waals surface area contributed by atoms with Crippen molar-refractivity contribution in [1.29, 1.82) is 0 Å². The Morgan fingerprint density at radius 2 is 1.40 bits per heavy atom. The Labute approximate surface area is 207 Å². The van der Waals surface area contributed by atoms with E-state index in [4.69, 9.17) is 9.47 Å². The minimum atomic E-state index is -0.676. The van der Waals surface area contributed by atoms with Crippen LogP contribution in [0, 0.1) is 17.5 Å². The molecule has 0 unspecified atom stereocenters. The van der Waals surface area contributed by atoms with E-state index in [0.29, 0.717) is 30.8 Å². The van der Waals surface area contributed by atoms with Crippen LogP contribution in [0.3, 0.4) is 0 Å². The predicted octanol–water partition coefficient (Wildman–Crippen LogP) is 8.56. The first-order chi connectivity index (χ1) is 17.0. The average Bonchev–Trinajstić information content (AvgIpc) is 2.88. The molecule has 190 valence electrons. The van der Waals surface area contributed by atoms with Gasteiger partial charge in [-0.25, -0.2) is 13.2 Å². The molecule has 0 saturated heterocycles. The van der Waals surface area contributed by atoms with Crippen molar-refractivity contribution in [2.45, 2.75) is 88.6 Å². The smallest absolute Gasteiger partial charge is 0.165 e. The van der Waals surface area contributed by atoms with Gasteiger partial charge in [-0.2, -0.15) is 0 Å². The van der Waals surface area contributed by atoms with Gasteiger partial charge in [-0.1, -0.05) is 24.3 Å². The molecule has 0 radical (unpaired) electrons. The summed E-state index contributed by atoms with van der Waals surface area (Å²) in [6, 6.07) is 8.79. The van der Waals surface area contributed by atoms with E-state index in [9.17, 15) is 4.39 Å². The first kappa shape index (κ1) is 25.8. The molecule has 0 aromatic heterocycles. The molecule has 0 spiro atoms. The molecule has 0 bridgehead atoms. The fourth-order valence-corrected chi connectivity index (χ4v) is 5.86. The first-order valence-electron chi connectivity index (χ1n) is 13.1. The summed E-state index contributed by atoms with van der Waals surface area (Å²) in [5.74, 6) is -1.17. The number of ether oxygens (including phenoxy) is 2. The van der Waals surface area contributed by atoms with Gasteiger partial charge < -0.3 is 9.47 Å². The standard InChI is InChI=1S/C30H37F3O2/c1-3-5-18-35-28-17-12-23(19-27(28)31)20-6-8-21(9-7-20)25-15-16-26(30(33)29(25)32)22-10-13-24(14-11-22)34-4-2/h3,12,15-17,19-22,24H,1,4-11,13-14,18H2,2H3. The molecule has 4 rings (SSSR count). The molecule has 2 fully saturated rings. The van der Waals surface area contributed by atoms with Gasteiger partial charge in [-0.3, -0.25) is 0 Å². The maximum atomic E-state index is 15.2. The van der Waals surface area contributed by atoms with Crippen molar-refractivity contribution >= 4 is 0 Å². The summed E-state index contributed by atoms with van der Waals surface area (Å²) in [4.78, 5) is 0. The molecular weight excluding hydrogens is 449 g/mol. The third kappa shape index (κ3) is 6.11. The molecule has 2 aliphatic carbocycles. The second-order valence-corrected chi connectivity index (χ2v) is 9.97. The highest BCUT2D eigenvalue weighted by molar-refractivity contribution is 5.34. The van der Waals surface area contributed by atoms with Gasteiger partial charge in [0.25, 0.3) is 0 Å². The largest absolute Gasteiger partial charge is 0.490 e. The Bertz CT molecular complexity index is 989. The fraction of sp³-hybridized carbons (Fsp3) is 0.533. The van der Waals surface area contributed by atoms with E-state index in [1.165, 1.54) is 0 Å². The minimum absolute atomic E-state index is 0.00477. The highest BCUT2D eigenvalue weighted by atomic mass is 19.2. The van der Waals surface area contributed by atoms with Crippen molar-refractivity contribution in [2.24, 2.45) is 0 Å². The molecule has 2 aliphatic rings. The van der Waals surface area contributed by atoms with E-state index in [-0.39, 0.29) is 35.4 Å². The van der Waals surface area contributed by atoms with Gasteiger partial charge in [-0.15, -0.1) is 6.58 Å². The molecule has 0 N–H and O–H groups in total. The van der Waals surface area contributed by atoms with Crippen molar-refractivity contribution in [2.75, 3.05) is 13.2 Å². The summed E-state index contributed by atoms with van der Waals surface area (Å²) in [5, 5.41) is 0. The van der Waals surface area contributed by atoms with Crippen LogP contribution in [0.15, 0.2) is 43.0 Å². The Kier molecular flexibility index (Phi) is 8.94. The van der Waals surface area contributed by atoms with Gasteiger partial charge in [0.2, 0.25) is 0 Å². The van der Waals surface area contributed by atoms with Crippen LogP contribution in [0.5, 0.6) is 5.75 Å². The van der Waals surface area contributed by atoms with E-state index in [1.807, 2.05) is 25.1 Å². The summed E-state index contributed by atoms with van der Waals surface area (Å²) in [6.07, 6.45) is 9.28. The maximum Gasteiger partial charge on any atom is 0.165 e. The van der Waals surface area contributed by atoms with E-state index >= 15 is 8.78 Å². The molecule has 0 amide bonds. The molecule has 0 atom stereocenters. The van der Waals surface area contributed by atoms with Crippen LogP contribution in [0.2, 0.25) is 0 Å². The molecule has 0 heterocycles. The van der Waals surface area contributed by atoms with Crippen LogP contribution in [-0.2, 0) is 4.74 Å². The summed E-state index contributed by atoms with van der Waals surface area (Å²) < 4.78 is 55.9. The summed E-state index contributed by atoms with van der Waals surface area (Å²) in [7, 11) is 0. The molecular formula is C30H37F3O2. The van der Waals surface area contributed by atoms with Crippen molar-refractivity contribution < 1.29 is 22.6 Å². The quantitative estimate of drug-likeness (QED) is 0.261. The van der Waals surface area contributed by atoms with Crippen LogP contribution in [-0.4, -0.2) is 19.3 Å². The first-order valence-corrected chi connectivity index (χ1v) is 13.1. The molecule has 0 aliphatic heterocycles. The maximum absolute atomic E-state index is 15.2. The van der Waals surface area contributed by atoms with Crippen LogP contribution in [0.4, 0.5) is 13.2 Å². The average molecular weight is 487 g/mol. The van der Waals surface area contributed by atoms with Crippen molar-refractivity contribution in [3.05, 3.63) is 77.1 Å². The van der Waals surface area contributed by atoms with Gasteiger partial charge >= 0.3 is 0 Å². The van der Waals surface area contributed by atoms with Gasteiger partial charge in [0.1, 0.15) is 0 Å². The Hall–Kier alpha value is -2.27. The Morgan fingerprint density at radius 3 is 1.94 bits per heavy atom. The van der Waals surface area contributed by atoms with E-state index in [2.05, 4.69) is 6.58 Å². The molecule has 2 aromatic rings. The van der Waals surface area contributed by atoms with Crippen molar-refractivity contribution in [1.82, 2.24) is 0 Å². The third-order valence-electron chi connectivity index (χ3n) is 7.83. The van der Waals surface area contributed by atoms with Crippen molar-refractivity contribution in [3.8, 4) is 5.75 Å². The number of hydrogen-bond donors (Lipinski definition) is 0. The lowest BCUT2D eigenvalue weighted by Gasteiger charge is -2.31. The summed E-state index contributed by atoms with van der Waals surface area (Å²) in [6.45, 7) is 6.73. The second-order valence-electron chi connectivity index (χ2n) is 9.97. The number of rotatable bonds is 9. The monoisotopic (exact) mass is 486 g/mol. The summed E-state index contributed by atoms with van der Waals surface area (Å²) in [5.41, 5.74) is 1.95. The number of halogens is 3. The summed E-state index contributed by atoms with van der Waals surface area (Å²) >= 11 is 0. The molecule has 5 heteroatoms. The lowest BCUT2D eigenvalue weighted by molar-refractivity contribution is 0.0325. The van der Waals surface area contributed by atoms with Crippen LogP contribution in [0.1, 0.15) is 99.2 Å². The normalized spacial score (nSPS) is 24.8. The molecule has 35 heavy (non-hydrogen) atoms. The van der Waals surface area contributed by atoms with Crippen LogP contribution in [0.25, 0.3) is 0 Å². The van der Waals surface area contributed by atoms with Gasteiger partial charge in [0.05, 0.1) is 12.7 Å². The molecule has 2 nitrogen and oxygen atoms in total. The zero-order valence-electron chi connectivity index (χ0n) is 20.7. The zero-order chi connectivity index (χ0) is 24.8. The van der Waals surface area contributed by atoms with Gasteiger partial charge in [0.15, 0.2) is 23.2 Å². The zero-order valence-corrected chi connectivity index (χ0v) is 20.7. The lowest BCUT2D eigenvalue weighted by atomic mass is 9.75. The number of benzene rings is 2. The van der Waals surface area contributed by atoms with Crippen LogP contribution < -0.4 is 4.74 Å². The fourth-order valence-electron chi connectivity index (χ4n) is 5.86. The second kappa shape index (κ2) is 12.1. The Morgan fingerprint density at radius 1 is 0.829 bits per heavy atom. The molecule has 2 aromatic carbocycles. The highest BCUT2D eigenvalue weighted by Crippen LogP contribution is 2.43. The number of hydrogen-bond acceptors (Lipinski definition) is 2. The van der Waals surface area contributed by atoms with Gasteiger partial charge in [-0.05, 0) is 111 Å². The molecule has 2 saturated carbocycles. The predicted molar refractivity (Wildman–Crippen MR) is 134 cm³/mol. The third-order valence-corrected chi connectivity index (χ3v) is 7.83. The highest BCUT2D eigenvalue weighted by Gasteiger charge is 2.30. The minimum Gasteiger partial charge on any atom is -0.490 e. The van der Waals surface area contributed by atoms with Crippen molar-refractivity contribution in [3.63, 3.8) is 0 Å². The Balaban J connectivity index is 1.37. The van der Waals surface area contributed by atoms with Crippen LogP contribution >= 0.6 is 0 Å². The van der Waals surface area contributed by atoms with E-state index in [0.717, 1.165) is 56.9 Å². The van der Waals surface area contributed by atoms with E-state index in [1.54, 1.807) is 18.2 Å². The lowest BCUT2D eigenvalue weighted by Crippen LogP contribution is -2.21.